The fraction of sp³-hybridized carbons (Fsp3) is 0.333. The van der Waals surface area contributed by atoms with Gasteiger partial charge in [0.05, 0.1) is 23.5 Å². The summed E-state index contributed by atoms with van der Waals surface area (Å²) in [6.07, 6.45) is -3.17. The van der Waals surface area contributed by atoms with Crippen LogP contribution in [0.25, 0.3) is 5.65 Å². The van der Waals surface area contributed by atoms with E-state index in [0.717, 1.165) is 6.07 Å². The number of carbonyl (C=O) groups excluding carboxylic acids is 1. The van der Waals surface area contributed by atoms with E-state index in [1.807, 2.05) is 0 Å². The summed E-state index contributed by atoms with van der Waals surface area (Å²) in [4.78, 5) is 17.9. The predicted octanol–water partition coefficient (Wildman–Crippen LogP) is 2.72. The van der Waals surface area contributed by atoms with Crippen LogP contribution in [0.5, 0.6) is 0 Å². The zero-order valence-electron chi connectivity index (χ0n) is 14.0. The Hall–Kier alpha value is -2.62. The minimum absolute atomic E-state index is 0.0485. The van der Waals surface area contributed by atoms with Gasteiger partial charge in [0, 0.05) is 25.9 Å². The van der Waals surface area contributed by atoms with Crippen LogP contribution in [0.1, 0.15) is 27.6 Å². The summed E-state index contributed by atoms with van der Waals surface area (Å²) >= 11 is 6.02. The van der Waals surface area contributed by atoms with Gasteiger partial charge in [0.2, 0.25) is 0 Å². The van der Waals surface area contributed by atoms with Gasteiger partial charge in [0.25, 0.3) is 5.91 Å². The molecule has 0 radical (unpaired) electrons. The van der Waals surface area contributed by atoms with Crippen LogP contribution in [-0.2, 0) is 19.8 Å². The monoisotopic (exact) mass is 386 g/mol. The maximum absolute atomic E-state index is 13.2. The van der Waals surface area contributed by atoms with E-state index >= 15 is 0 Å². The molecule has 138 valence electrons. The molecule has 3 aromatic rings. The molecule has 0 aliphatic heterocycles. The Morgan fingerprint density at radius 3 is 2.62 bits per heavy atom. The van der Waals surface area contributed by atoms with E-state index in [4.69, 9.17) is 11.6 Å². The lowest BCUT2D eigenvalue weighted by Crippen LogP contribution is -2.28. The lowest BCUT2D eigenvalue weighted by atomic mass is 10.3. The first kappa shape index (κ1) is 18.2. The Labute approximate surface area is 151 Å². The number of rotatable bonds is 3. The Kier molecular flexibility index (Phi) is 4.39. The van der Waals surface area contributed by atoms with E-state index in [9.17, 15) is 18.0 Å². The van der Waals surface area contributed by atoms with Crippen LogP contribution in [-0.4, -0.2) is 42.2 Å². The predicted molar refractivity (Wildman–Crippen MR) is 86.7 cm³/mol. The van der Waals surface area contributed by atoms with Crippen molar-refractivity contribution < 1.29 is 18.0 Å². The van der Waals surface area contributed by atoms with Crippen molar-refractivity contribution in [2.45, 2.75) is 19.6 Å². The second kappa shape index (κ2) is 6.27. The SMILES string of the molecule is Cc1cc(C(F)(F)F)n2nc(C(=O)N(C)Cc3c(Cl)cnn3C)cc2n1. The number of aryl methyl sites for hydroxylation is 2. The van der Waals surface area contributed by atoms with Crippen molar-refractivity contribution in [3.63, 3.8) is 0 Å². The molecule has 0 fully saturated rings. The molecule has 26 heavy (non-hydrogen) atoms. The topological polar surface area (TPSA) is 68.3 Å². The van der Waals surface area contributed by atoms with E-state index in [-0.39, 0.29) is 23.6 Å². The number of aromatic nitrogens is 5. The summed E-state index contributed by atoms with van der Waals surface area (Å²) in [5.74, 6) is -0.557. The zero-order chi connectivity index (χ0) is 19.2. The highest BCUT2D eigenvalue weighted by atomic mass is 35.5. The molecule has 3 heterocycles. The molecule has 11 heteroatoms. The number of fused-ring (bicyclic) bond motifs is 1. The fourth-order valence-corrected chi connectivity index (χ4v) is 2.74. The normalized spacial score (nSPS) is 12.0. The van der Waals surface area contributed by atoms with Crippen LogP contribution in [0.3, 0.4) is 0 Å². The van der Waals surface area contributed by atoms with Crippen molar-refractivity contribution >= 4 is 23.2 Å². The lowest BCUT2D eigenvalue weighted by Gasteiger charge is -2.16. The van der Waals surface area contributed by atoms with Gasteiger partial charge in [0.1, 0.15) is 5.69 Å². The molecular formula is C15H14ClF3N6O. The molecule has 1 amide bonds. The molecule has 0 N–H and O–H groups in total. The van der Waals surface area contributed by atoms with E-state index in [1.54, 1.807) is 7.05 Å². The molecule has 3 aromatic heterocycles. The van der Waals surface area contributed by atoms with E-state index in [1.165, 1.54) is 35.8 Å². The molecule has 0 saturated carbocycles. The fourth-order valence-electron chi connectivity index (χ4n) is 2.51. The number of hydrogen-bond acceptors (Lipinski definition) is 4. The van der Waals surface area contributed by atoms with Gasteiger partial charge in [-0.25, -0.2) is 9.50 Å². The Balaban J connectivity index is 1.96. The number of amides is 1. The molecule has 0 aliphatic rings. The van der Waals surface area contributed by atoms with Crippen LogP contribution in [0.4, 0.5) is 13.2 Å². The second-order valence-corrected chi connectivity index (χ2v) is 6.21. The van der Waals surface area contributed by atoms with Gasteiger partial charge in [-0.05, 0) is 13.0 Å². The Morgan fingerprint density at radius 1 is 1.35 bits per heavy atom. The molecular weight excluding hydrogens is 373 g/mol. The van der Waals surface area contributed by atoms with E-state index < -0.39 is 17.8 Å². The smallest absolute Gasteiger partial charge is 0.334 e. The summed E-state index contributed by atoms with van der Waals surface area (Å²) in [5, 5.41) is 8.17. The maximum Gasteiger partial charge on any atom is 0.433 e. The minimum Gasteiger partial charge on any atom is -0.334 e. The molecule has 0 atom stereocenters. The molecule has 0 bridgehead atoms. The first-order valence-corrected chi connectivity index (χ1v) is 7.82. The van der Waals surface area contributed by atoms with Crippen molar-refractivity contribution in [3.8, 4) is 0 Å². The summed E-state index contributed by atoms with van der Waals surface area (Å²) < 4.78 is 41.7. The molecule has 0 aromatic carbocycles. The van der Waals surface area contributed by atoms with E-state index in [0.29, 0.717) is 15.2 Å². The van der Waals surface area contributed by atoms with Gasteiger partial charge in [-0.2, -0.15) is 23.4 Å². The van der Waals surface area contributed by atoms with Crippen molar-refractivity contribution in [1.29, 1.82) is 0 Å². The quantitative estimate of drug-likeness (QED) is 0.694. The van der Waals surface area contributed by atoms with Crippen molar-refractivity contribution in [2.24, 2.45) is 7.05 Å². The van der Waals surface area contributed by atoms with Crippen LogP contribution < -0.4 is 0 Å². The second-order valence-electron chi connectivity index (χ2n) is 5.80. The van der Waals surface area contributed by atoms with Crippen molar-refractivity contribution in [2.75, 3.05) is 7.05 Å². The highest BCUT2D eigenvalue weighted by molar-refractivity contribution is 6.31. The number of halogens is 4. The van der Waals surface area contributed by atoms with Crippen LogP contribution >= 0.6 is 11.6 Å². The molecule has 0 spiro atoms. The van der Waals surface area contributed by atoms with Crippen molar-refractivity contribution in [1.82, 2.24) is 29.3 Å². The number of hydrogen-bond donors (Lipinski definition) is 0. The molecule has 0 saturated heterocycles. The minimum atomic E-state index is -4.62. The van der Waals surface area contributed by atoms with Gasteiger partial charge in [-0.15, -0.1) is 0 Å². The molecule has 7 nitrogen and oxygen atoms in total. The first-order chi connectivity index (χ1) is 12.1. The largest absolute Gasteiger partial charge is 0.433 e. The van der Waals surface area contributed by atoms with Gasteiger partial charge in [0.15, 0.2) is 11.3 Å². The maximum atomic E-state index is 13.2. The Morgan fingerprint density at radius 2 is 2.04 bits per heavy atom. The highest BCUT2D eigenvalue weighted by Gasteiger charge is 2.35. The zero-order valence-corrected chi connectivity index (χ0v) is 14.8. The number of nitrogens with zero attached hydrogens (tertiary/aromatic N) is 6. The average Bonchev–Trinajstić information content (AvgIpc) is 3.10. The van der Waals surface area contributed by atoms with Gasteiger partial charge < -0.3 is 4.90 Å². The third-order valence-electron chi connectivity index (χ3n) is 3.81. The number of carbonyl (C=O) groups is 1. The summed E-state index contributed by atoms with van der Waals surface area (Å²) in [5.41, 5.74) is -0.409. The van der Waals surface area contributed by atoms with Crippen LogP contribution in [0.15, 0.2) is 18.3 Å². The van der Waals surface area contributed by atoms with E-state index in [2.05, 4.69) is 15.2 Å². The van der Waals surface area contributed by atoms with Gasteiger partial charge in [-0.3, -0.25) is 9.48 Å². The van der Waals surface area contributed by atoms with Gasteiger partial charge in [-0.1, -0.05) is 11.6 Å². The summed E-state index contributed by atoms with van der Waals surface area (Å²) in [7, 11) is 3.17. The van der Waals surface area contributed by atoms with Gasteiger partial charge >= 0.3 is 6.18 Å². The summed E-state index contributed by atoms with van der Waals surface area (Å²) in [6.45, 7) is 1.57. The molecule has 0 aliphatic carbocycles. The third kappa shape index (κ3) is 3.24. The lowest BCUT2D eigenvalue weighted by molar-refractivity contribution is -0.142. The average molecular weight is 387 g/mol. The van der Waals surface area contributed by atoms with Crippen LogP contribution in [0.2, 0.25) is 5.02 Å². The summed E-state index contributed by atoms with van der Waals surface area (Å²) in [6, 6.07) is 2.11. The molecule has 0 unspecified atom stereocenters. The highest BCUT2D eigenvalue weighted by Crippen LogP contribution is 2.30. The van der Waals surface area contributed by atoms with Crippen LogP contribution in [0, 0.1) is 6.92 Å². The first-order valence-electron chi connectivity index (χ1n) is 7.44. The third-order valence-corrected chi connectivity index (χ3v) is 4.12. The number of alkyl halides is 3. The molecule has 3 rings (SSSR count). The van der Waals surface area contributed by atoms with Crippen molar-refractivity contribution in [3.05, 3.63) is 46.1 Å². The standard InChI is InChI=1S/C15H14ClF3N6O/c1-8-4-12(15(17,18)19)25-13(21-8)5-10(22-25)14(26)23(2)7-11-9(16)6-20-24(11)3/h4-6H,7H2,1-3H3. The Bertz CT molecular complexity index is 974.